The van der Waals surface area contributed by atoms with E-state index in [1.54, 1.807) is 4.90 Å². The molecule has 0 amide bonds. The lowest BCUT2D eigenvalue weighted by Gasteiger charge is -2.34. The van der Waals surface area contributed by atoms with E-state index in [2.05, 4.69) is 30.3 Å². The average Bonchev–Trinajstić information content (AvgIpc) is 2.61. The van der Waals surface area contributed by atoms with Gasteiger partial charge in [-0.1, -0.05) is 18.2 Å². The van der Waals surface area contributed by atoms with Gasteiger partial charge in [0.1, 0.15) is 11.5 Å². The van der Waals surface area contributed by atoms with Gasteiger partial charge in [-0.05, 0) is 31.4 Å². The summed E-state index contributed by atoms with van der Waals surface area (Å²) >= 11 is 0. The van der Waals surface area contributed by atoms with Crippen molar-refractivity contribution in [1.82, 2.24) is 0 Å². The number of hydrogen-bond donors (Lipinski definition) is 0. The first-order chi connectivity index (χ1) is 13.0. The molecule has 0 saturated carbocycles. The lowest BCUT2D eigenvalue weighted by atomic mass is 10.1. The highest BCUT2D eigenvalue weighted by atomic mass is 32.2. The van der Waals surface area contributed by atoms with Gasteiger partial charge in [0.25, 0.3) is 0 Å². The van der Waals surface area contributed by atoms with Gasteiger partial charge in [0.05, 0.1) is 0 Å². The first-order valence-electron chi connectivity index (χ1n) is 7.85. The van der Waals surface area contributed by atoms with Gasteiger partial charge >= 0.3 is 23.3 Å². The summed E-state index contributed by atoms with van der Waals surface area (Å²) in [4.78, 5) is 1.58. The van der Waals surface area contributed by atoms with Crippen LogP contribution in [0.4, 0.5) is 39.5 Å². The molecule has 0 N–H and O–H groups in total. The topological polar surface area (TPSA) is 57.2 Å². The molecule has 1 aliphatic heterocycles. The number of hydrogen-bond acceptors (Lipinski definition) is 3. The van der Waals surface area contributed by atoms with E-state index in [0.29, 0.717) is 10.9 Å². The highest BCUT2D eigenvalue weighted by Gasteiger charge is 2.83. The largest absolute Gasteiger partial charge is 0.743 e. The third-order valence-corrected chi connectivity index (χ3v) is 7.17. The lowest BCUT2D eigenvalue weighted by molar-refractivity contribution is -0.382. The zero-order valence-corrected chi connectivity index (χ0v) is 16.0. The highest BCUT2D eigenvalue weighted by molar-refractivity contribution is 7.96. The fourth-order valence-corrected chi connectivity index (χ4v) is 4.96. The van der Waals surface area contributed by atoms with Crippen molar-refractivity contribution >= 4 is 21.0 Å². The highest BCUT2D eigenvalue weighted by Crippen LogP contribution is 2.54. The average molecular weight is 478 g/mol. The van der Waals surface area contributed by atoms with Crippen LogP contribution < -0.4 is 0 Å². The third-order valence-electron chi connectivity index (χ3n) is 3.79. The molecule has 0 radical (unpaired) electrons. The summed E-state index contributed by atoms with van der Waals surface area (Å²) in [6, 6.07) is 11.0. The maximum atomic E-state index is 12.2. The molecule has 29 heavy (non-hydrogen) atoms. The van der Waals surface area contributed by atoms with E-state index in [1.165, 1.54) is 30.8 Å². The molecule has 1 fully saturated rings. The summed E-state index contributed by atoms with van der Waals surface area (Å²) in [7, 11) is -6.82. The molecule has 1 aliphatic rings. The Labute approximate surface area is 163 Å². The molecule has 0 aliphatic carbocycles. The third kappa shape index (κ3) is 5.51. The van der Waals surface area contributed by atoms with E-state index in [9.17, 15) is 52.5 Å². The Morgan fingerprint density at radius 2 is 1.21 bits per heavy atom. The second-order valence-corrected chi connectivity index (χ2v) is 9.59. The molecule has 0 aromatic heterocycles. The number of halogens is 9. The second-order valence-electron chi connectivity index (χ2n) is 5.89. The maximum Gasteiger partial charge on any atom is 0.460 e. The molecule has 1 heterocycles. The Balaban J connectivity index is 0.000000304. The molecule has 0 atom stereocenters. The molecule has 168 valence electrons. The first kappa shape index (κ1) is 25.9. The minimum Gasteiger partial charge on any atom is -0.743 e. The van der Waals surface area contributed by atoms with Crippen molar-refractivity contribution in [3.63, 3.8) is 0 Å². The number of rotatable bonds is 4. The van der Waals surface area contributed by atoms with Gasteiger partial charge in [-0.2, -0.15) is 39.5 Å². The van der Waals surface area contributed by atoms with E-state index >= 15 is 0 Å². The Bertz CT molecular complexity index is 759. The molecular formula is C15H15F9O3S2. The van der Waals surface area contributed by atoms with Crippen molar-refractivity contribution in [3.8, 4) is 0 Å². The van der Waals surface area contributed by atoms with Crippen molar-refractivity contribution in [3.05, 3.63) is 30.3 Å². The molecule has 0 bridgehead atoms. The van der Waals surface area contributed by atoms with Gasteiger partial charge in [0, 0.05) is 10.9 Å². The van der Waals surface area contributed by atoms with Crippen LogP contribution in [0, 0.1) is 0 Å². The minimum absolute atomic E-state index is 0.592. The van der Waals surface area contributed by atoms with Crippen LogP contribution >= 0.6 is 0 Å². The Hall–Kier alpha value is -1.15. The molecule has 1 aromatic carbocycles. The van der Waals surface area contributed by atoms with Crippen molar-refractivity contribution < 1.29 is 52.5 Å². The van der Waals surface area contributed by atoms with Crippen molar-refractivity contribution in [1.29, 1.82) is 0 Å². The van der Waals surface area contributed by atoms with E-state index in [1.807, 2.05) is 0 Å². The van der Waals surface area contributed by atoms with Crippen molar-refractivity contribution in [2.24, 2.45) is 0 Å². The Kier molecular flexibility index (Phi) is 7.96. The van der Waals surface area contributed by atoms with Crippen LogP contribution in [0.25, 0.3) is 0 Å². The Morgan fingerprint density at radius 3 is 1.59 bits per heavy atom. The quantitative estimate of drug-likeness (QED) is 0.355. The van der Waals surface area contributed by atoms with Crippen LogP contribution in [0.1, 0.15) is 19.3 Å². The fourth-order valence-electron chi connectivity index (χ4n) is 2.20. The van der Waals surface area contributed by atoms with Gasteiger partial charge in [-0.3, -0.25) is 0 Å². The number of alkyl halides is 9. The lowest BCUT2D eigenvalue weighted by Crippen LogP contribution is -2.63. The molecule has 3 nitrogen and oxygen atoms in total. The van der Waals surface area contributed by atoms with E-state index < -0.39 is 33.4 Å². The second kappa shape index (κ2) is 8.92. The smallest absolute Gasteiger partial charge is 0.460 e. The predicted molar refractivity (Wildman–Crippen MR) is 86.3 cm³/mol. The zero-order chi connectivity index (χ0) is 22.7. The summed E-state index contributed by atoms with van der Waals surface area (Å²) in [5, 5.41) is -7.11. The fraction of sp³-hybridized carbons (Fsp3) is 0.600. The summed E-state index contributed by atoms with van der Waals surface area (Å²) in [5.74, 6) is -12.0. The van der Waals surface area contributed by atoms with Crippen LogP contribution in [0.15, 0.2) is 35.2 Å². The van der Waals surface area contributed by atoms with Gasteiger partial charge < -0.3 is 4.55 Å². The SMILES string of the molecule is O=S(=O)([O-])C(F)(F)C(F)(F)C(F)(F)C(F)(F)F.c1ccc([S+]2CCCCC2)cc1. The summed E-state index contributed by atoms with van der Waals surface area (Å²) in [5.41, 5.74) is 0. The van der Waals surface area contributed by atoms with E-state index in [-0.39, 0.29) is 0 Å². The van der Waals surface area contributed by atoms with Gasteiger partial charge in [0.2, 0.25) is 0 Å². The number of benzene rings is 1. The molecular weight excluding hydrogens is 463 g/mol. The predicted octanol–water partition coefficient (Wildman–Crippen LogP) is 4.81. The zero-order valence-electron chi connectivity index (χ0n) is 14.4. The van der Waals surface area contributed by atoms with Crippen molar-refractivity contribution in [2.75, 3.05) is 11.5 Å². The monoisotopic (exact) mass is 478 g/mol. The normalized spacial score (nSPS) is 17.4. The standard InChI is InChI=1S/C11H15S.C4HF9O3S/c1-3-7-11(8-4-1)12-9-5-2-6-10-12;5-1(6,3(9,10)11)2(7,8)4(12,13)17(14,15)16/h1,3-4,7-8H,2,5-6,9-10H2;(H,14,15,16)/q+1;/p-1. The molecule has 2 rings (SSSR count). The first-order valence-corrected chi connectivity index (χ1v) is 10.8. The van der Waals surface area contributed by atoms with Crippen LogP contribution in [-0.4, -0.2) is 47.8 Å². The van der Waals surface area contributed by atoms with Gasteiger partial charge in [0.15, 0.2) is 15.0 Å². The minimum atomic E-state index is -7.43. The van der Waals surface area contributed by atoms with Crippen LogP contribution in [0.5, 0.6) is 0 Å². The van der Waals surface area contributed by atoms with Gasteiger partial charge in [-0.25, -0.2) is 8.42 Å². The molecule has 1 saturated heterocycles. The van der Waals surface area contributed by atoms with Crippen LogP contribution in [-0.2, 0) is 21.0 Å². The van der Waals surface area contributed by atoms with Gasteiger partial charge in [-0.15, -0.1) is 0 Å². The van der Waals surface area contributed by atoms with Crippen LogP contribution in [0.3, 0.4) is 0 Å². The van der Waals surface area contributed by atoms with Crippen molar-refractivity contribution in [2.45, 2.75) is 47.4 Å². The molecule has 14 heteroatoms. The molecule has 1 aromatic rings. The maximum absolute atomic E-state index is 12.2. The summed E-state index contributed by atoms with van der Waals surface area (Å²) in [6.45, 7) is 0. The van der Waals surface area contributed by atoms with E-state index in [0.717, 1.165) is 0 Å². The Morgan fingerprint density at radius 1 is 0.759 bits per heavy atom. The summed E-state index contributed by atoms with van der Waals surface area (Å²) < 4.78 is 135. The van der Waals surface area contributed by atoms with E-state index in [4.69, 9.17) is 0 Å². The molecule has 0 spiro atoms. The molecule has 0 unspecified atom stereocenters. The van der Waals surface area contributed by atoms with Crippen LogP contribution in [0.2, 0.25) is 0 Å². The summed E-state index contributed by atoms with van der Waals surface area (Å²) in [6.07, 6.45) is -2.82.